The van der Waals surface area contributed by atoms with E-state index in [0.717, 1.165) is 6.20 Å². The van der Waals surface area contributed by atoms with E-state index in [1.54, 1.807) is 0 Å². The van der Waals surface area contributed by atoms with E-state index in [4.69, 9.17) is 9.79 Å². The van der Waals surface area contributed by atoms with Crippen molar-refractivity contribution in [3.63, 3.8) is 0 Å². The summed E-state index contributed by atoms with van der Waals surface area (Å²) in [6.07, 6.45) is 1.42. The molecule has 112 valence electrons. The molecule has 0 saturated carbocycles. The third kappa shape index (κ3) is 4.43. The molecule has 0 aromatic carbocycles. The average Bonchev–Trinajstić information content (AvgIpc) is 2.15. The average molecular weight is 317 g/mol. The fourth-order valence-corrected chi connectivity index (χ4v) is 3.18. The van der Waals surface area contributed by atoms with E-state index in [-0.39, 0.29) is 17.9 Å². The Hall–Kier alpha value is -0.670. The number of hydrogen-bond donors (Lipinski definition) is 5. The third-order valence-electron chi connectivity index (χ3n) is 2.07. The quantitative estimate of drug-likeness (QED) is 0.436. The van der Waals surface area contributed by atoms with Crippen LogP contribution in [0.15, 0.2) is 24.5 Å². The Bertz CT molecular complexity index is 463. The van der Waals surface area contributed by atoms with Crippen LogP contribution >= 0.6 is 15.2 Å². The summed E-state index contributed by atoms with van der Waals surface area (Å²) in [4.78, 5) is 42.8. The second-order valence-electron chi connectivity index (χ2n) is 3.35. The molecule has 0 fully saturated rings. The largest absolute Gasteiger partial charge is 0.776 e. The number of pyridine rings is 1. The van der Waals surface area contributed by atoms with Crippen LogP contribution in [-0.4, -0.2) is 25.0 Å². The van der Waals surface area contributed by atoms with Crippen LogP contribution in [0.1, 0.15) is 5.56 Å². The highest BCUT2D eigenvalue weighted by molar-refractivity contribution is 7.70. The minimum atomic E-state index is -5.72. The fourth-order valence-electron chi connectivity index (χ4n) is 1.14. The summed E-state index contributed by atoms with van der Waals surface area (Å²) in [5.74, 6) is 0. The van der Waals surface area contributed by atoms with Crippen molar-refractivity contribution in [2.75, 3.05) is 0 Å². The van der Waals surface area contributed by atoms with Crippen molar-refractivity contribution < 1.29 is 33.8 Å². The smallest absolute Gasteiger partial charge is 0.195 e. The standard InChI is InChI=1S/C7H11NO7P2.2H3N/c9-7(16(10,11)12,17(13,14)15)4-6-2-1-3-8-5-6;;/h1-3,5,9H,4H2,(H2,10,11,12)(H2,13,14,15);2*1H3. The van der Waals surface area contributed by atoms with Gasteiger partial charge in [-0.25, -0.2) is 0 Å². The van der Waals surface area contributed by atoms with Crippen molar-refractivity contribution in [3.8, 4) is 0 Å². The van der Waals surface area contributed by atoms with Gasteiger partial charge >= 0.3 is 0 Å². The van der Waals surface area contributed by atoms with Gasteiger partial charge in [-0.05, 0) is 11.6 Å². The lowest BCUT2D eigenvalue weighted by atomic mass is 10.2. The molecule has 1 heterocycles. The Balaban J connectivity index is 0. The fraction of sp³-hybridized carbons (Fsp3) is 0.286. The summed E-state index contributed by atoms with van der Waals surface area (Å²) in [6, 6.07) is 2.65. The summed E-state index contributed by atoms with van der Waals surface area (Å²) in [5, 5.41) is 5.81. The molecule has 1 aromatic rings. The second kappa shape index (κ2) is 6.67. The molecule has 10 nitrogen and oxygen atoms in total. The zero-order valence-corrected chi connectivity index (χ0v) is 12.1. The molecule has 0 aliphatic heterocycles. The van der Waals surface area contributed by atoms with Crippen LogP contribution in [0, 0.1) is 0 Å². The Labute approximate surface area is 109 Å². The van der Waals surface area contributed by atoms with E-state index >= 15 is 0 Å². The Morgan fingerprint density at radius 1 is 1.21 bits per heavy atom. The molecule has 0 aliphatic carbocycles. The monoisotopic (exact) mass is 317 g/mol. The molecule has 11 N–H and O–H groups in total. The van der Waals surface area contributed by atoms with Gasteiger partial charge < -0.3 is 46.1 Å². The zero-order valence-electron chi connectivity index (χ0n) is 10.3. The van der Waals surface area contributed by atoms with Gasteiger partial charge in [-0.1, -0.05) is 6.07 Å². The molecule has 0 aliphatic rings. The molecule has 1 aromatic heterocycles. The SMILES string of the molecule is O=P([O-])(O)C(O)(Cc1cccnc1)P(=O)([O-])O.[NH4+].[NH4+]. The first kappa shape index (κ1) is 20.6. The highest BCUT2D eigenvalue weighted by Gasteiger charge is 2.47. The maximum Gasteiger partial charge on any atom is 0.195 e. The maximum atomic E-state index is 10.9. The topological polar surface area (TPSA) is 227 Å². The molecular weight excluding hydrogens is 300 g/mol. The molecule has 12 heteroatoms. The lowest BCUT2D eigenvalue weighted by Gasteiger charge is -2.42. The maximum absolute atomic E-state index is 10.9. The van der Waals surface area contributed by atoms with E-state index in [9.17, 15) is 24.0 Å². The summed E-state index contributed by atoms with van der Waals surface area (Å²) >= 11 is 0. The van der Waals surface area contributed by atoms with Crippen LogP contribution < -0.4 is 22.1 Å². The van der Waals surface area contributed by atoms with Gasteiger partial charge in [0.05, 0.1) is 0 Å². The first-order valence-electron chi connectivity index (χ1n) is 4.27. The molecule has 0 amide bonds. The molecule has 0 spiro atoms. The van der Waals surface area contributed by atoms with Gasteiger partial charge in [-0.2, -0.15) is 0 Å². The van der Waals surface area contributed by atoms with Crippen LogP contribution in [0.3, 0.4) is 0 Å². The van der Waals surface area contributed by atoms with Gasteiger partial charge in [-0.3, -0.25) is 4.98 Å². The van der Waals surface area contributed by atoms with E-state index < -0.39 is 26.7 Å². The van der Waals surface area contributed by atoms with Crippen LogP contribution in [0.4, 0.5) is 0 Å². The molecule has 0 saturated heterocycles. The first-order chi connectivity index (χ1) is 7.58. The van der Waals surface area contributed by atoms with Gasteiger partial charge in [0.2, 0.25) is 0 Å². The third-order valence-corrected chi connectivity index (χ3v) is 5.71. The molecule has 2 atom stereocenters. The van der Waals surface area contributed by atoms with E-state index in [1.165, 1.54) is 18.3 Å². The number of rotatable bonds is 4. The summed E-state index contributed by atoms with van der Waals surface area (Å²) in [7, 11) is -11.4. The van der Waals surface area contributed by atoms with Crippen LogP contribution in [0.25, 0.3) is 0 Å². The number of aromatic nitrogens is 1. The van der Waals surface area contributed by atoms with Crippen molar-refractivity contribution in [2.45, 2.75) is 11.5 Å². The molecule has 0 bridgehead atoms. The van der Waals surface area contributed by atoms with Crippen molar-refractivity contribution >= 4 is 15.2 Å². The summed E-state index contributed by atoms with van der Waals surface area (Å²) in [6.45, 7) is 0. The van der Waals surface area contributed by atoms with Gasteiger partial charge in [0, 0.05) is 18.8 Å². The normalized spacial score (nSPS) is 19.8. The lowest BCUT2D eigenvalue weighted by Crippen LogP contribution is -2.39. The number of quaternary nitrogens is 2. The van der Waals surface area contributed by atoms with Crippen molar-refractivity contribution in [2.24, 2.45) is 0 Å². The summed E-state index contributed by atoms with van der Waals surface area (Å²) in [5.41, 5.74) is 0.0188. The number of nitrogens with zero attached hydrogens (tertiary/aromatic N) is 1. The van der Waals surface area contributed by atoms with Gasteiger partial charge in [0.25, 0.3) is 0 Å². The molecule has 0 radical (unpaired) electrons. The van der Waals surface area contributed by atoms with Crippen LogP contribution in [-0.2, 0) is 15.6 Å². The Morgan fingerprint density at radius 2 is 1.68 bits per heavy atom. The minimum Gasteiger partial charge on any atom is -0.776 e. The summed E-state index contributed by atoms with van der Waals surface area (Å²) < 4.78 is 21.8. The molecule has 1 rings (SSSR count). The first-order valence-corrected chi connectivity index (χ1v) is 7.42. The van der Waals surface area contributed by atoms with Crippen molar-refractivity contribution in [1.29, 1.82) is 0 Å². The van der Waals surface area contributed by atoms with Crippen LogP contribution in [0.5, 0.6) is 0 Å². The highest BCUT2D eigenvalue weighted by Crippen LogP contribution is 2.64. The molecule has 19 heavy (non-hydrogen) atoms. The Kier molecular flexibility index (Phi) is 7.24. The molecular formula is C7H17N3O7P2. The Morgan fingerprint density at radius 3 is 2.00 bits per heavy atom. The highest BCUT2D eigenvalue weighted by atomic mass is 31.2. The van der Waals surface area contributed by atoms with Crippen molar-refractivity contribution in [3.05, 3.63) is 30.1 Å². The minimum absolute atomic E-state index is 0. The molecule has 2 unspecified atom stereocenters. The van der Waals surface area contributed by atoms with E-state index in [2.05, 4.69) is 4.98 Å². The van der Waals surface area contributed by atoms with Crippen molar-refractivity contribution in [1.82, 2.24) is 17.3 Å². The number of hydrogen-bond acceptors (Lipinski definition) is 6. The zero-order chi connectivity index (χ0) is 13.3. The van der Waals surface area contributed by atoms with Crippen LogP contribution in [0.2, 0.25) is 0 Å². The van der Waals surface area contributed by atoms with E-state index in [0.29, 0.717) is 0 Å². The predicted molar refractivity (Wildman–Crippen MR) is 64.5 cm³/mol. The second-order valence-corrected chi connectivity index (χ2v) is 7.27. The van der Waals surface area contributed by atoms with Gasteiger partial charge in [-0.15, -0.1) is 0 Å². The van der Waals surface area contributed by atoms with Gasteiger partial charge in [0.15, 0.2) is 20.3 Å². The predicted octanol–water partition coefficient (Wildman–Crippen LogP) is -0.886. The van der Waals surface area contributed by atoms with E-state index in [1.807, 2.05) is 0 Å². The lowest BCUT2D eigenvalue weighted by molar-refractivity contribution is -0.226. The van der Waals surface area contributed by atoms with Gasteiger partial charge in [0.1, 0.15) is 0 Å². The number of aliphatic hydroxyl groups is 1.